The lowest BCUT2D eigenvalue weighted by molar-refractivity contribution is 0.358. The fourth-order valence-corrected chi connectivity index (χ4v) is 1.53. The van der Waals surface area contributed by atoms with E-state index in [2.05, 4.69) is 31.2 Å². The van der Waals surface area contributed by atoms with Gasteiger partial charge in [0.15, 0.2) is 0 Å². The van der Waals surface area contributed by atoms with Gasteiger partial charge in [-0.25, -0.2) is 0 Å². The van der Waals surface area contributed by atoms with Gasteiger partial charge in [0, 0.05) is 26.1 Å². The number of nitrogens with two attached hydrogens (primary N) is 1. The van der Waals surface area contributed by atoms with Gasteiger partial charge in [-0.1, -0.05) is 6.92 Å². The summed E-state index contributed by atoms with van der Waals surface area (Å²) in [7, 11) is 4.11. The molecule has 0 saturated carbocycles. The topological polar surface area (TPSA) is 54.4 Å². The molecule has 0 aliphatic carbocycles. The fraction of sp³-hybridized carbons (Fsp3) is 0.667. The molecule has 1 atom stereocenters. The van der Waals surface area contributed by atoms with Crippen LogP contribution in [-0.4, -0.2) is 38.6 Å². The van der Waals surface area contributed by atoms with Crippen LogP contribution in [0.2, 0.25) is 0 Å². The van der Waals surface area contributed by atoms with Crippen molar-refractivity contribution < 1.29 is 4.42 Å². The van der Waals surface area contributed by atoms with Gasteiger partial charge < -0.3 is 20.4 Å². The summed E-state index contributed by atoms with van der Waals surface area (Å²) in [6, 6.07) is 4.16. The predicted molar refractivity (Wildman–Crippen MR) is 66.4 cm³/mol. The molecule has 0 aliphatic rings. The molecule has 1 aromatic heterocycles. The van der Waals surface area contributed by atoms with Crippen molar-refractivity contribution >= 4 is 0 Å². The van der Waals surface area contributed by atoms with E-state index in [-0.39, 0.29) is 6.04 Å². The SMILES string of the molecule is CCc1ccc(C(CN)NCCN(C)C)o1. The maximum atomic E-state index is 5.74. The Bertz CT molecular complexity index is 296. The van der Waals surface area contributed by atoms with Crippen LogP contribution < -0.4 is 11.1 Å². The normalized spacial score (nSPS) is 13.3. The molecule has 0 radical (unpaired) electrons. The van der Waals surface area contributed by atoms with Gasteiger partial charge in [-0.05, 0) is 26.2 Å². The van der Waals surface area contributed by atoms with Crippen molar-refractivity contribution in [3.05, 3.63) is 23.7 Å². The molecule has 1 rings (SSSR count). The molecular formula is C12H23N3O. The molecule has 0 fully saturated rings. The summed E-state index contributed by atoms with van der Waals surface area (Å²) < 4.78 is 5.69. The third-order valence-electron chi connectivity index (χ3n) is 2.56. The zero-order valence-corrected chi connectivity index (χ0v) is 10.5. The Morgan fingerprint density at radius 2 is 2.19 bits per heavy atom. The van der Waals surface area contributed by atoms with Crippen LogP contribution in [0, 0.1) is 0 Å². The maximum absolute atomic E-state index is 5.74. The van der Waals surface area contributed by atoms with Crippen molar-refractivity contribution in [2.24, 2.45) is 5.73 Å². The molecule has 0 saturated heterocycles. The lowest BCUT2D eigenvalue weighted by Crippen LogP contribution is -2.33. The number of aryl methyl sites for hydroxylation is 1. The van der Waals surface area contributed by atoms with Crippen LogP contribution in [0.1, 0.15) is 24.5 Å². The Morgan fingerprint density at radius 1 is 1.44 bits per heavy atom. The average Bonchev–Trinajstić information content (AvgIpc) is 2.72. The second kappa shape index (κ2) is 6.68. The molecular weight excluding hydrogens is 202 g/mol. The van der Waals surface area contributed by atoms with Gasteiger partial charge in [-0.3, -0.25) is 0 Å². The lowest BCUT2D eigenvalue weighted by atomic mass is 10.2. The van der Waals surface area contributed by atoms with E-state index in [1.54, 1.807) is 0 Å². The molecule has 0 aliphatic heterocycles. The second-order valence-electron chi connectivity index (χ2n) is 4.20. The minimum atomic E-state index is 0.125. The minimum absolute atomic E-state index is 0.125. The van der Waals surface area contributed by atoms with Crippen LogP contribution in [0.3, 0.4) is 0 Å². The van der Waals surface area contributed by atoms with Gasteiger partial charge in [0.2, 0.25) is 0 Å². The zero-order chi connectivity index (χ0) is 12.0. The highest BCUT2D eigenvalue weighted by Crippen LogP contribution is 2.15. The highest BCUT2D eigenvalue weighted by Gasteiger charge is 2.12. The van der Waals surface area contributed by atoms with Gasteiger partial charge in [-0.2, -0.15) is 0 Å². The smallest absolute Gasteiger partial charge is 0.122 e. The van der Waals surface area contributed by atoms with Crippen molar-refractivity contribution in [1.82, 2.24) is 10.2 Å². The number of furan rings is 1. The van der Waals surface area contributed by atoms with Crippen LogP contribution in [0.25, 0.3) is 0 Å². The Labute approximate surface area is 97.8 Å². The van der Waals surface area contributed by atoms with E-state index < -0.39 is 0 Å². The molecule has 4 heteroatoms. The van der Waals surface area contributed by atoms with E-state index >= 15 is 0 Å². The third kappa shape index (κ3) is 3.96. The summed E-state index contributed by atoms with van der Waals surface area (Å²) in [5, 5.41) is 3.39. The molecule has 16 heavy (non-hydrogen) atoms. The molecule has 3 N–H and O–H groups in total. The van der Waals surface area contributed by atoms with Gasteiger partial charge in [-0.15, -0.1) is 0 Å². The van der Waals surface area contributed by atoms with Crippen LogP contribution in [-0.2, 0) is 6.42 Å². The molecule has 0 amide bonds. The van der Waals surface area contributed by atoms with E-state index in [0.717, 1.165) is 31.0 Å². The number of nitrogens with zero attached hydrogens (tertiary/aromatic N) is 1. The van der Waals surface area contributed by atoms with Crippen LogP contribution >= 0.6 is 0 Å². The summed E-state index contributed by atoms with van der Waals surface area (Å²) in [6.45, 7) is 4.55. The Morgan fingerprint density at radius 3 is 2.69 bits per heavy atom. The Balaban J connectivity index is 2.46. The fourth-order valence-electron chi connectivity index (χ4n) is 1.53. The average molecular weight is 225 g/mol. The van der Waals surface area contributed by atoms with Crippen LogP contribution in [0.15, 0.2) is 16.5 Å². The lowest BCUT2D eigenvalue weighted by Gasteiger charge is -2.16. The molecule has 1 heterocycles. The standard InChI is InChI=1S/C12H23N3O/c1-4-10-5-6-12(16-10)11(9-13)14-7-8-15(2)3/h5-6,11,14H,4,7-9,13H2,1-3H3. The van der Waals surface area contributed by atoms with E-state index in [4.69, 9.17) is 10.2 Å². The van der Waals surface area contributed by atoms with Crippen molar-refractivity contribution in [2.75, 3.05) is 33.7 Å². The molecule has 4 nitrogen and oxygen atoms in total. The van der Waals surface area contributed by atoms with Crippen molar-refractivity contribution in [3.63, 3.8) is 0 Å². The first-order chi connectivity index (χ1) is 7.67. The second-order valence-corrected chi connectivity index (χ2v) is 4.20. The number of hydrogen-bond acceptors (Lipinski definition) is 4. The van der Waals surface area contributed by atoms with E-state index in [1.807, 2.05) is 12.1 Å². The summed E-state index contributed by atoms with van der Waals surface area (Å²) in [6.07, 6.45) is 0.926. The minimum Gasteiger partial charge on any atom is -0.464 e. The first kappa shape index (κ1) is 13.2. The first-order valence-corrected chi connectivity index (χ1v) is 5.84. The molecule has 0 bridgehead atoms. The predicted octanol–water partition coefficient (Wildman–Crippen LogP) is 0.993. The number of nitrogens with one attached hydrogen (secondary N) is 1. The number of hydrogen-bond donors (Lipinski definition) is 2. The monoisotopic (exact) mass is 225 g/mol. The van der Waals surface area contributed by atoms with Crippen molar-refractivity contribution in [1.29, 1.82) is 0 Å². The Hall–Kier alpha value is -0.840. The molecule has 1 aromatic rings. The van der Waals surface area contributed by atoms with Gasteiger partial charge in [0.25, 0.3) is 0 Å². The highest BCUT2D eigenvalue weighted by molar-refractivity contribution is 5.11. The van der Waals surface area contributed by atoms with Crippen molar-refractivity contribution in [3.8, 4) is 0 Å². The van der Waals surface area contributed by atoms with E-state index in [1.165, 1.54) is 0 Å². The van der Waals surface area contributed by atoms with E-state index in [9.17, 15) is 0 Å². The van der Waals surface area contributed by atoms with Gasteiger partial charge >= 0.3 is 0 Å². The molecule has 92 valence electrons. The van der Waals surface area contributed by atoms with Crippen LogP contribution in [0.5, 0.6) is 0 Å². The maximum Gasteiger partial charge on any atom is 0.122 e. The van der Waals surface area contributed by atoms with Crippen LogP contribution in [0.4, 0.5) is 0 Å². The zero-order valence-electron chi connectivity index (χ0n) is 10.5. The number of likely N-dealkylation sites (N-methyl/N-ethyl adjacent to an activating group) is 1. The molecule has 1 unspecified atom stereocenters. The quantitative estimate of drug-likeness (QED) is 0.726. The van der Waals surface area contributed by atoms with Gasteiger partial charge in [0.1, 0.15) is 11.5 Å². The van der Waals surface area contributed by atoms with Gasteiger partial charge in [0.05, 0.1) is 6.04 Å². The third-order valence-corrected chi connectivity index (χ3v) is 2.56. The molecule has 0 spiro atoms. The highest BCUT2D eigenvalue weighted by atomic mass is 16.3. The Kier molecular flexibility index (Phi) is 5.52. The molecule has 0 aromatic carbocycles. The first-order valence-electron chi connectivity index (χ1n) is 5.84. The summed E-state index contributed by atoms with van der Waals surface area (Å²) in [5.74, 6) is 1.96. The largest absolute Gasteiger partial charge is 0.464 e. The number of rotatable bonds is 7. The summed E-state index contributed by atoms with van der Waals surface area (Å²) in [4.78, 5) is 2.14. The van der Waals surface area contributed by atoms with Crippen molar-refractivity contribution in [2.45, 2.75) is 19.4 Å². The summed E-state index contributed by atoms with van der Waals surface area (Å²) in [5.41, 5.74) is 5.74. The van der Waals surface area contributed by atoms with E-state index in [0.29, 0.717) is 6.54 Å². The summed E-state index contributed by atoms with van der Waals surface area (Å²) >= 11 is 0.